The molecule has 0 unspecified atom stereocenters. The fourth-order valence-electron chi connectivity index (χ4n) is 1.58. The molecule has 0 saturated carbocycles. The molecule has 2 aromatic rings. The van der Waals surface area contributed by atoms with Crippen LogP contribution >= 0.6 is 11.6 Å². The van der Waals surface area contributed by atoms with Crippen LogP contribution in [0.15, 0.2) is 35.6 Å². The molecule has 0 spiro atoms. The molecule has 2 rings (SSSR count). The first kappa shape index (κ1) is 12.6. The number of hydrogen-bond acceptors (Lipinski definition) is 4. The molecule has 0 N–H and O–H groups in total. The minimum absolute atomic E-state index is 0.0744. The summed E-state index contributed by atoms with van der Waals surface area (Å²) in [6.45, 7) is 0.505. The number of ether oxygens (including phenoxy) is 1. The molecule has 6 heteroatoms. The second kappa shape index (κ2) is 5.64. The summed E-state index contributed by atoms with van der Waals surface area (Å²) in [5.41, 5.74) is 0.778. The minimum atomic E-state index is -0.276. The van der Waals surface area contributed by atoms with Crippen LogP contribution in [-0.4, -0.2) is 21.6 Å². The first-order chi connectivity index (χ1) is 8.72. The van der Waals surface area contributed by atoms with Gasteiger partial charge in [-0.3, -0.25) is 14.3 Å². The van der Waals surface area contributed by atoms with Crippen LogP contribution in [0.5, 0.6) is 5.75 Å². The van der Waals surface area contributed by atoms with E-state index in [1.54, 1.807) is 12.4 Å². The number of hydrogen-bond donors (Lipinski definition) is 0. The molecule has 2 aromatic heterocycles. The summed E-state index contributed by atoms with van der Waals surface area (Å²) in [4.78, 5) is 19.9. The lowest BCUT2D eigenvalue weighted by molar-refractivity contribution is 0.399. The molecule has 0 aliphatic carbocycles. The van der Waals surface area contributed by atoms with E-state index in [9.17, 15) is 4.79 Å². The molecule has 0 aromatic carbocycles. The number of methoxy groups -OCH3 is 1. The quantitative estimate of drug-likeness (QED) is 0.787. The number of nitrogens with zero attached hydrogens (tertiary/aromatic N) is 3. The fourth-order valence-corrected chi connectivity index (χ4v) is 1.78. The van der Waals surface area contributed by atoms with Crippen molar-refractivity contribution in [2.75, 3.05) is 7.11 Å². The van der Waals surface area contributed by atoms with E-state index in [4.69, 9.17) is 16.3 Å². The third-order valence-corrected chi connectivity index (χ3v) is 2.79. The Morgan fingerprint density at radius 1 is 1.50 bits per heavy atom. The van der Waals surface area contributed by atoms with Crippen LogP contribution in [-0.2, 0) is 13.0 Å². The Morgan fingerprint density at radius 3 is 3.00 bits per heavy atom. The number of aromatic nitrogens is 3. The van der Waals surface area contributed by atoms with Crippen molar-refractivity contribution in [3.05, 3.63) is 51.9 Å². The topological polar surface area (TPSA) is 57.0 Å². The van der Waals surface area contributed by atoms with Gasteiger partial charge in [0, 0.05) is 18.9 Å². The highest BCUT2D eigenvalue weighted by molar-refractivity contribution is 6.30. The molecule has 0 aliphatic rings. The predicted octanol–water partition coefficient (Wildman–Crippen LogP) is 1.54. The Balaban J connectivity index is 2.18. The standard InChI is InChI=1S/C12H12ClN3O2/c1-18-10-11(13)15-8-16(12(10)17)6-4-9-3-2-5-14-7-9/h2-3,5,7-8H,4,6H2,1H3. The molecule has 0 aliphatic heterocycles. The Kier molecular flexibility index (Phi) is 3.94. The normalized spacial score (nSPS) is 10.3. The summed E-state index contributed by atoms with van der Waals surface area (Å²) in [6, 6.07) is 3.82. The number of rotatable bonds is 4. The van der Waals surface area contributed by atoms with Crippen molar-refractivity contribution < 1.29 is 4.74 Å². The van der Waals surface area contributed by atoms with Crippen molar-refractivity contribution in [2.24, 2.45) is 0 Å². The van der Waals surface area contributed by atoms with Gasteiger partial charge in [0.15, 0.2) is 5.15 Å². The van der Waals surface area contributed by atoms with Gasteiger partial charge in [-0.1, -0.05) is 17.7 Å². The van der Waals surface area contributed by atoms with Gasteiger partial charge < -0.3 is 4.74 Å². The van der Waals surface area contributed by atoms with Crippen LogP contribution in [0, 0.1) is 0 Å². The monoisotopic (exact) mass is 265 g/mol. The van der Waals surface area contributed by atoms with Gasteiger partial charge >= 0.3 is 0 Å². The molecular weight excluding hydrogens is 254 g/mol. The number of pyridine rings is 1. The van der Waals surface area contributed by atoms with Gasteiger partial charge in [-0.05, 0) is 18.1 Å². The van der Waals surface area contributed by atoms with E-state index in [1.807, 2.05) is 12.1 Å². The van der Waals surface area contributed by atoms with Crippen LogP contribution in [0.2, 0.25) is 5.15 Å². The lowest BCUT2D eigenvalue weighted by Gasteiger charge is -2.07. The zero-order valence-corrected chi connectivity index (χ0v) is 10.6. The predicted molar refractivity (Wildman–Crippen MR) is 68.0 cm³/mol. The Morgan fingerprint density at radius 2 is 2.33 bits per heavy atom. The summed E-state index contributed by atoms with van der Waals surface area (Å²) >= 11 is 5.76. The Labute approximate surface area is 109 Å². The summed E-state index contributed by atoms with van der Waals surface area (Å²) in [5, 5.41) is 0.0835. The highest BCUT2D eigenvalue weighted by Crippen LogP contribution is 2.14. The van der Waals surface area contributed by atoms with Gasteiger partial charge in [-0.25, -0.2) is 4.98 Å². The fraction of sp³-hybridized carbons (Fsp3) is 0.250. The zero-order chi connectivity index (χ0) is 13.0. The maximum Gasteiger partial charge on any atom is 0.297 e. The van der Waals surface area contributed by atoms with Gasteiger partial charge in [-0.2, -0.15) is 0 Å². The first-order valence-electron chi connectivity index (χ1n) is 5.40. The van der Waals surface area contributed by atoms with Crippen molar-refractivity contribution in [2.45, 2.75) is 13.0 Å². The van der Waals surface area contributed by atoms with Gasteiger partial charge in [-0.15, -0.1) is 0 Å². The van der Waals surface area contributed by atoms with Crippen LogP contribution in [0.4, 0.5) is 0 Å². The van der Waals surface area contributed by atoms with Crippen molar-refractivity contribution in [3.8, 4) is 5.75 Å². The Bertz CT molecular complexity index is 584. The molecule has 0 fully saturated rings. The first-order valence-corrected chi connectivity index (χ1v) is 5.78. The molecular formula is C12H12ClN3O2. The van der Waals surface area contributed by atoms with Crippen molar-refractivity contribution in [1.29, 1.82) is 0 Å². The third-order valence-electron chi connectivity index (χ3n) is 2.52. The largest absolute Gasteiger partial charge is 0.489 e. The highest BCUT2D eigenvalue weighted by atomic mass is 35.5. The average Bonchev–Trinajstić information content (AvgIpc) is 2.40. The second-order valence-electron chi connectivity index (χ2n) is 3.68. The molecule has 0 atom stereocenters. The minimum Gasteiger partial charge on any atom is -0.489 e. The SMILES string of the molecule is COc1c(Cl)ncn(CCc2cccnc2)c1=O. The molecule has 5 nitrogen and oxygen atoms in total. The van der Waals surface area contributed by atoms with Gasteiger partial charge in [0.1, 0.15) is 0 Å². The second-order valence-corrected chi connectivity index (χ2v) is 4.04. The van der Waals surface area contributed by atoms with Crippen LogP contribution in [0.1, 0.15) is 5.56 Å². The maximum atomic E-state index is 11.9. The molecule has 0 amide bonds. The lowest BCUT2D eigenvalue weighted by Crippen LogP contribution is -2.23. The van der Waals surface area contributed by atoms with Crippen LogP contribution in [0.25, 0.3) is 0 Å². The summed E-state index contributed by atoms with van der Waals surface area (Å²) in [5.74, 6) is 0.0744. The van der Waals surface area contributed by atoms with Gasteiger partial charge in [0.25, 0.3) is 5.56 Å². The maximum absolute atomic E-state index is 11.9. The van der Waals surface area contributed by atoms with E-state index in [1.165, 1.54) is 18.0 Å². The van der Waals surface area contributed by atoms with E-state index in [0.717, 1.165) is 5.56 Å². The van der Waals surface area contributed by atoms with Gasteiger partial charge in [0.2, 0.25) is 5.75 Å². The third kappa shape index (κ3) is 2.68. The Hall–Kier alpha value is -1.88. The molecule has 0 saturated heterocycles. The van der Waals surface area contributed by atoms with E-state index in [0.29, 0.717) is 13.0 Å². The summed E-state index contributed by atoms with van der Waals surface area (Å²) in [7, 11) is 1.40. The van der Waals surface area contributed by atoms with E-state index >= 15 is 0 Å². The van der Waals surface area contributed by atoms with Crippen molar-refractivity contribution in [1.82, 2.24) is 14.5 Å². The smallest absolute Gasteiger partial charge is 0.297 e. The van der Waals surface area contributed by atoms with Crippen LogP contribution in [0.3, 0.4) is 0 Å². The van der Waals surface area contributed by atoms with E-state index in [2.05, 4.69) is 9.97 Å². The van der Waals surface area contributed by atoms with E-state index in [-0.39, 0.29) is 16.5 Å². The van der Waals surface area contributed by atoms with Crippen molar-refractivity contribution >= 4 is 11.6 Å². The summed E-state index contributed by atoms with van der Waals surface area (Å²) in [6.07, 6.45) is 5.60. The molecule has 2 heterocycles. The van der Waals surface area contributed by atoms with Crippen LogP contribution < -0.4 is 10.3 Å². The van der Waals surface area contributed by atoms with E-state index < -0.39 is 0 Å². The molecule has 0 bridgehead atoms. The average molecular weight is 266 g/mol. The summed E-state index contributed by atoms with van der Waals surface area (Å²) < 4.78 is 6.40. The molecule has 94 valence electrons. The number of halogens is 1. The lowest BCUT2D eigenvalue weighted by atomic mass is 10.2. The zero-order valence-electron chi connectivity index (χ0n) is 9.84. The molecule has 18 heavy (non-hydrogen) atoms. The molecule has 0 radical (unpaired) electrons. The van der Waals surface area contributed by atoms with Crippen molar-refractivity contribution in [3.63, 3.8) is 0 Å². The highest BCUT2D eigenvalue weighted by Gasteiger charge is 2.09. The van der Waals surface area contributed by atoms with Gasteiger partial charge in [0.05, 0.1) is 13.4 Å². The number of aryl methyl sites for hydroxylation is 2.